The normalized spacial score (nSPS) is 23.1. The Hall–Kier alpha value is 0.870. The monoisotopic (exact) mass is 530 g/mol. The Bertz CT molecular complexity index is 1140. The third kappa shape index (κ3) is 10.5. The van der Waals surface area contributed by atoms with Crippen molar-refractivity contribution in [3.05, 3.63) is 6.33 Å². The van der Waals surface area contributed by atoms with Crippen LogP contribution >= 0.6 is 23.5 Å². The first kappa shape index (κ1) is 38.0. The van der Waals surface area contributed by atoms with Crippen molar-refractivity contribution < 1.29 is 132 Å². The van der Waals surface area contributed by atoms with Crippen molar-refractivity contribution in [1.82, 2.24) is 19.5 Å². The van der Waals surface area contributed by atoms with Crippen molar-refractivity contribution in [2.45, 2.75) is 24.9 Å². The summed E-state index contributed by atoms with van der Waals surface area (Å²) in [6.07, 6.45) is -2.34. The van der Waals surface area contributed by atoms with Crippen LogP contribution in [0, 0.1) is 0 Å². The first-order valence-electron chi connectivity index (χ1n) is 7.96. The van der Waals surface area contributed by atoms with Crippen LogP contribution in [-0.4, -0.2) is 43.4 Å². The van der Waals surface area contributed by atoms with E-state index in [1.54, 1.807) is 0 Å². The van der Waals surface area contributed by atoms with Crippen LogP contribution in [0.3, 0.4) is 0 Å². The predicted molar refractivity (Wildman–Crippen MR) is 89.6 cm³/mol. The molecule has 35 heavy (non-hydrogen) atoms. The summed E-state index contributed by atoms with van der Waals surface area (Å²) < 4.78 is 50.6. The Morgan fingerprint density at radius 1 is 1.06 bits per heavy atom. The zero-order valence-electron chi connectivity index (χ0n) is 18.9. The number of nitrogens with two attached hydrogens (primary N) is 2. The molecular formula is C10H13Li4N6O12P3. The maximum absolute atomic E-state index is 11.6. The second-order valence-electron chi connectivity index (χ2n) is 6.02. The van der Waals surface area contributed by atoms with E-state index in [2.05, 4.69) is 28.1 Å². The van der Waals surface area contributed by atoms with Gasteiger partial charge in [0, 0.05) is 6.42 Å². The number of nitrogen functional groups attached to an aromatic ring is 2. The van der Waals surface area contributed by atoms with Crippen molar-refractivity contribution in [3.8, 4) is 0 Å². The second-order valence-corrected chi connectivity index (χ2v) is 10.3. The summed E-state index contributed by atoms with van der Waals surface area (Å²) in [5.74, 6) is -0.159. The quantitative estimate of drug-likeness (QED) is 0.211. The van der Waals surface area contributed by atoms with E-state index in [0.717, 1.165) is 0 Å². The molecule has 5 atom stereocenters. The van der Waals surface area contributed by atoms with E-state index >= 15 is 0 Å². The minimum Gasteiger partial charge on any atom is -0.790 e. The van der Waals surface area contributed by atoms with E-state index in [1.165, 1.54) is 10.9 Å². The van der Waals surface area contributed by atoms with Crippen LogP contribution in [0.5, 0.6) is 0 Å². The molecular weight excluding hydrogens is 517 g/mol. The van der Waals surface area contributed by atoms with Gasteiger partial charge in [0.15, 0.2) is 11.5 Å². The smallest absolute Gasteiger partial charge is 0.790 e. The SMILES string of the molecule is Nc1nc(N)c2ncn(C3CC(O)C(COP(=O)([O-])OP(=O)([O-])OP(=O)([O-])[O-])O3)c2n1.[Li+].[Li+].[Li+].[Li+]. The third-order valence-electron chi connectivity index (χ3n) is 3.78. The van der Waals surface area contributed by atoms with Crippen molar-refractivity contribution >= 4 is 46.4 Å². The van der Waals surface area contributed by atoms with E-state index < -0.39 is 48.5 Å². The zero-order valence-corrected chi connectivity index (χ0v) is 21.6. The van der Waals surface area contributed by atoms with Gasteiger partial charge in [-0.25, -0.2) is 9.29 Å². The number of hydrogen-bond acceptors (Lipinski definition) is 17. The van der Waals surface area contributed by atoms with E-state index in [-0.39, 0.29) is 105 Å². The first-order valence-corrected chi connectivity index (χ1v) is 12.3. The largest absolute Gasteiger partial charge is 1.00 e. The van der Waals surface area contributed by atoms with Crippen LogP contribution in [0.1, 0.15) is 12.6 Å². The molecule has 0 radical (unpaired) electrons. The molecule has 1 saturated heterocycles. The summed E-state index contributed by atoms with van der Waals surface area (Å²) >= 11 is 0. The summed E-state index contributed by atoms with van der Waals surface area (Å²) in [7, 11) is -17.9. The molecule has 3 rings (SSSR count). The van der Waals surface area contributed by atoms with Crippen LogP contribution in [0.4, 0.5) is 11.8 Å². The number of aliphatic hydroxyl groups excluding tert-OH is 1. The van der Waals surface area contributed by atoms with Gasteiger partial charge in [-0.3, -0.25) is 18.0 Å². The molecule has 5 unspecified atom stereocenters. The van der Waals surface area contributed by atoms with Crippen LogP contribution in [0.15, 0.2) is 6.33 Å². The topological polar surface area (TPSA) is 296 Å². The molecule has 0 aliphatic carbocycles. The number of rotatable bonds is 8. The fourth-order valence-electron chi connectivity index (χ4n) is 2.65. The van der Waals surface area contributed by atoms with Gasteiger partial charge in [0.2, 0.25) is 5.95 Å². The standard InChI is InChI=1S/C10H17N6O12P3.4Li/c11-8-7-9(15-10(12)14-8)16(3-13-7)6-1-4(17)5(26-6)2-25-30(21,22)28-31(23,24)27-29(18,19)20;;;;/h3-6,17H,1-2H2,(H,21,22)(H,23,24)(H2,18,19,20)(H4,11,12,14,15);;;;/q;4*+1/p-4. The van der Waals surface area contributed by atoms with Gasteiger partial charge in [-0.2, -0.15) is 9.97 Å². The minimum absolute atomic E-state index is 0. The summed E-state index contributed by atoms with van der Waals surface area (Å²) in [5, 5.41) is 10.1. The number of anilines is 2. The van der Waals surface area contributed by atoms with E-state index in [9.17, 15) is 38.4 Å². The van der Waals surface area contributed by atoms with Crippen molar-refractivity contribution in [2.75, 3.05) is 18.1 Å². The Kier molecular flexibility index (Phi) is 15.5. The van der Waals surface area contributed by atoms with Gasteiger partial charge in [0.1, 0.15) is 17.8 Å². The molecule has 0 bridgehead atoms. The second kappa shape index (κ2) is 14.3. The maximum atomic E-state index is 11.6. The summed E-state index contributed by atoms with van der Waals surface area (Å²) in [4.78, 5) is 55.1. The summed E-state index contributed by atoms with van der Waals surface area (Å²) in [6.45, 7) is -0.934. The molecule has 18 nitrogen and oxygen atoms in total. The van der Waals surface area contributed by atoms with E-state index in [0.29, 0.717) is 0 Å². The van der Waals surface area contributed by atoms with Gasteiger partial charge in [0.25, 0.3) is 15.6 Å². The zero-order chi connectivity index (χ0) is 23.2. The fraction of sp³-hybridized carbons (Fsp3) is 0.500. The molecule has 3 heterocycles. The Balaban J connectivity index is 0. The molecule has 0 aromatic carbocycles. The fourth-order valence-corrected chi connectivity index (χ4v) is 5.52. The number of imidazole rings is 1. The van der Waals surface area contributed by atoms with Crippen LogP contribution in [0.2, 0.25) is 0 Å². The molecule has 1 aliphatic heterocycles. The van der Waals surface area contributed by atoms with Gasteiger partial charge in [-0.05, 0) is 0 Å². The molecule has 2 aromatic heterocycles. The van der Waals surface area contributed by atoms with Crippen molar-refractivity contribution in [1.29, 1.82) is 0 Å². The van der Waals surface area contributed by atoms with Crippen molar-refractivity contribution in [3.63, 3.8) is 0 Å². The summed E-state index contributed by atoms with van der Waals surface area (Å²) in [6, 6.07) is 0. The van der Waals surface area contributed by atoms with Gasteiger partial charge in [0.05, 0.1) is 26.9 Å². The third-order valence-corrected chi connectivity index (χ3v) is 7.44. The number of phosphoric ester groups is 1. The maximum Gasteiger partial charge on any atom is 1.00 e. The molecule has 0 spiro atoms. The van der Waals surface area contributed by atoms with Gasteiger partial charge in [-0.1, -0.05) is 0 Å². The molecule has 5 N–H and O–H groups in total. The van der Waals surface area contributed by atoms with Crippen LogP contribution in [-0.2, 0) is 31.6 Å². The average molecular weight is 530 g/mol. The predicted octanol–water partition coefficient (Wildman–Crippen LogP) is -15.5. The number of aliphatic hydroxyl groups is 1. The number of hydrogen-bond donors (Lipinski definition) is 3. The van der Waals surface area contributed by atoms with Crippen LogP contribution in [0.25, 0.3) is 11.2 Å². The summed E-state index contributed by atoms with van der Waals surface area (Å²) in [5.41, 5.74) is 11.6. The number of ether oxygens (including phenoxy) is 1. The van der Waals surface area contributed by atoms with E-state index in [4.69, 9.17) is 16.2 Å². The minimum atomic E-state index is -6.10. The average Bonchev–Trinajstić information content (AvgIpc) is 3.13. The molecule has 0 saturated carbocycles. The molecule has 1 aliphatic rings. The Morgan fingerprint density at radius 3 is 2.23 bits per heavy atom. The molecule has 1 fully saturated rings. The Morgan fingerprint density at radius 2 is 1.66 bits per heavy atom. The first-order chi connectivity index (χ1) is 14.2. The molecule has 2 aromatic rings. The van der Waals surface area contributed by atoms with Crippen LogP contribution < -0.4 is 106 Å². The molecule has 0 amide bonds. The number of phosphoric acid groups is 3. The number of aromatic nitrogens is 4. The molecule has 25 heteroatoms. The number of nitrogens with zero attached hydrogens (tertiary/aromatic N) is 4. The Labute approximate surface area is 245 Å². The number of fused-ring (bicyclic) bond motifs is 1. The van der Waals surface area contributed by atoms with E-state index in [1.807, 2.05) is 0 Å². The van der Waals surface area contributed by atoms with Gasteiger partial charge >= 0.3 is 75.4 Å². The van der Waals surface area contributed by atoms with Gasteiger partial charge in [-0.15, -0.1) is 0 Å². The molecule has 174 valence electrons. The van der Waals surface area contributed by atoms with Crippen molar-refractivity contribution in [2.24, 2.45) is 0 Å². The van der Waals surface area contributed by atoms with Gasteiger partial charge < -0.3 is 50.0 Å².